The molecule has 0 aliphatic heterocycles. The fourth-order valence-corrected chi connectivity index (χ4v) is 1.32. The van der Waals surface area contributed by atoms with E-state index in [1.807, 2.05) is 37.4 Å². The van der Waals surface area contributed by atoms with E-state index in [9.17, 15) is 4.79 Å². The van der Waals surface area contributed by atoms with E-state index in [-0.39, 0.29) is 12.0 Å². The number of benzene rings is 1. The first-order valence-corrected chi connectivity index (χ1v) is 4.57. The lowest BCUT2D eigenvalue weighted by molar-refractivity contribution is -0.141. The van der Waals surface area contributed by atoms with Crippen molar-refractivity contribution in [2.24, 2.45) is 0 Å². The van der Waals surface area contributed by atoms with Crippen LogP contribution < -0.4 is 5.32 Å². The zero-order chi connectivity index (χ0) is 10.4. The number of carbonyl (C=O) groups excluding carboxylic acids is 1. The third-order valence-corrected chi connectivity index (χ3v) is 2.15. The zero-order valence-electron chi connectivity index (χ0n) is 8.49. The van der Waals surface area contributed by atoms with Crippen molar-refractivity contribution >= 4 is 5.97 Å². The minimum atomic E-state index is -0.201. The molecule has 1 atom stereocenters. The second-order valence-electron chi connectivity index (χ2n) is 3.03. The Hall–Kier alpha value is -1.35. The maximum atomic E-state index is 11.1. The van der Waals surface area contributed by atoms with Crippen LogP contribution in [0, 0.1) is 0 Å². The number of methoxy groups -OCH3 is 1. The molecule has 0 radical (unpaired) electrons. The van der Waals surface area contributed by atoms with Gasteiger partial charge in [-0.3, -0.25) is 4.79 Å². The fraction of sp³-hybridized carbons (Fsp3) is 0.364. The lowest BCUT2D eigenvalue weighted by atomic mass is 10.0. The first-order chi connectivity index (χ1) is 6.77. The SMILES string of the molecule is CN[C@@H](CC(=O)OC)c1ccccc1. The number of carbonyl (C=O) groups is 1. The normalized spacial score (nSPS) is 12.1. The Balaban J connectivity index is 2.68. The first kappa shape index (κ1) is 10.7. The van der Waals surface area contributed by atoms with Crippen molar-refractivity contribution in [2.75, 3.05) is 14.2 Å². The fourth-order valence-electron chi connectivity index (χ4n) is 1.32. The first-order valence-electron chi connectivity index (χ1n) is 4.57. The van der Waals surface area contributed by atoms with Crippen LogP contribution >= 0.6 is 0 Å². The van der Waals surface area contributed by atoms with E-state index in [0.717, 1.165) is 5.56 Å². The van der Waals surface area contributed by atoms with Gasteiger partial charge in [0.1, 0.15) is 0 Å². The summed E-state index contributed by atoms with van der Waals surface area (Å²) in [5.74, 6) is -0.201. The van der Waals surface area contributed by atoms with Crippen LogP contribution in [-0.4, -0.2) is 20.1 Å². The highest BCUT2D eigenvalue weighted by Crippen LogP contribution is 2.15. The van der Waals surface area contributed by atoms with Crippen molar-refractivity contribution in [3.05, 3.63) is 35.9 Å². The second-order valence-corrected chi connectivity index (χ2v) is 3.03. The molecule has 1 aromatic rings. The van der Waals surface area contributed by atoms with Crippen LogP contribution in [0.1, 0.15) is 18.0 Å². The van der Waals surface area contributed by atoms with Crippen LogP contribution in [0.15, 0.2) is 30.3 Å². The molecule has 1 N–H and O–H groups in total. The number of esters is 1. The molecule has 0 spiro atoms. The van der Waals surface area contributed by atoms with Gasteiger partial charge in [-0.05, 0) is 12.6 Å². The standard InChI is InChI=1S/C11H15NO2/c1-12-10(8-11(13)14-2)9-6-4-3-5-7-9/h3-7,10,12H,8H2,1-2H3/t10-/m0/s1. The zero-order valence-corrected chi connectivity index (χ0v) is 8.49. The van der Waals surface area contributed by atoms with Gasteiger partial charge < -0.3 is 10.1 Å². The molecule has 0 amide bonds. The van der Waals surface area contributed by atoms with Gasteiger partial charge in [0.15, 0.2) is 0 Å². The molecule has 0 heterocycles. The maximum absolute atomic E-state index is 11.1. The van der Waals surface area contributed by atoms with E-state index in [0.29, 0.717) is 6.42 Å². The van der Waals surface area contributed by atoms with Gasteiger partial charge in [-0.2, -0.15) is 0 Å². The molecule has 0 saturated heterocycles. The van der Waals surface area contributed by atoms with E-state index in [4.69, 9.17) is 0 Å². The Labute approximate surface area is 84.1 Å². The highest BCUT2D eigenvalue weighted by Gasteiger charge is 2.13. The Bertz CT molecular complexity index is 285. The Morgan fingerprint density at radius 1 is 1.43 bits per heavy atom. The molecule has 0 aromatic heterocycles. The van der Waals surface area contributed by atoms with E-state index >= 15 is 0 Å². The number of hydrogen-bond donors (Lipinski definition) is 1. The van der Waals surface area contributed by atoms with Gasteiger partial charge in [0, 0.05) is 6.04 Å². The minimum absolute atomic E-state index is 0.0312. The largest absolute Gasteiger partial charge is 0.469 e. The highest BCUT2D eigenvalue weighted by atomic mass is 16.5. The van der Waals surface area contributed by atoms with Crippen LogP contribution in [0.2, 0.25) is 0 Å². The molecular weight excluding hydrogens is 178 g/mol. The van der Waals surface area contributed by atoms with E-state index in [1.165, 1.54) is 7.11 Å². The third kappa shape index (κ3) is 2.85. The second kappa shape index (κ2) is 5.40. The summed E-state index contributed by atoms with van der Waals surface area (Å²) in [6.07, 6.45) is 0.358. The molecule has 3 heteroatoms. The average Bonchev–Trinajstić information content (AvgIpc) is 2.26. The van der Waals surface area contributed by atoms with Crippen LogP contribution in [-0.2, 0) is 9.53 Å². The molecule has 14 heavy (non-hydrogen) atoms. The van der Waals surface area contributed by atoms with Gasteiger partial charge in [-0.1, -0.05) is 30.3 Å². The summed E-state index contributed by atoms with van der Waals surface area (Å²) in [6, 6.07) is 9.87. The van der Waals surface area contributed by atoms with Gasteiger partial charge >= 0.3 is 5.97 Å². The summed E-state index contributed by atoms with van der Waals surface area (Å²) in [4.78, 5) is 11.1. The van der Waals surface area contributed by atoms with Gasteiger partial charge in [-0.15, -0.1) is 0 Å². The van der Waals surface area contributed by atoms with Gasteiger partial charge in [0.05, 0.1) is 13.5 Å². The predicted octanol–water partition coefficient (Wildman–Crippen LogP) is 1.51. The molecule has 0 unspecified atom stereocenters. The predicted molar refractivity (Wildman–Crippen MR) is 54.9 cm³/mol. The van der Waals surface area contributed by atoms with Crippen molar-refractivity contribution in [3.8, 4) is 0 Å². The van der Waals surface area contributed by atoms with Crippen molar-refractivity contribution in [1.82, 2.24) is 5.32 Å². The average molecular weight is 193 g/mol. The van der Waals surface area contributed by atoms with Crippen LogP contribution in [0.4, 0.5) is 0 Å². The van der Waals surface area contributed by atoms with Gasteiger partial charge in [0.25, 0.3) is 0 Å². The highest BCUT2D eigenvalue weighted by molar-refractivity contribution is 5.70. The molecule has 0 fully saturated rings. The van der Waals surface area contributed by atoms with Crippen LogP contribution in [0.25, 0.3) is 0 Å². The lowest BCUT2D eigenvalue weighted by Crippen LogP contribution is -2.20. The smallest absolute Gasteiger partial charge is 0.307 e. The third-order valence-electron chi connectivity index (χ3n) is 2.15. The number of rotatable bonds is 4. The molecule has 0 aliphatic rings. The minimum Gasteiger partial charge on any atom is -0.469 e. The molecular formula is C11H15NO2. The van der Waals surface area contributed by atoms with Crippen LogP contribution in [0.5, 0.6) is 0 Å². The molecule has 1 rings (SSSR count). The Morgan fingerprint density at radius 3 is 2.57 bits per heavy atom. The summed E-state index contributed by atoms with van der Waals surface area (Å²) >= 11 is 0. The summed E-state index contributed by atoms with van der Waals surface area (Å²) < 4.78 is 4.63. The quantitative estimate of drug-likeness (QED) is 0.737. The topological polar surface area (TPSA) is 38.3 Å². The lowest BCUT2D eigenvalue weighted by Gasteiger charge is -2.14. The van der Waals surface area contributed by atoms with Crippen molar-refractivity contribution in [1.29, 1.82) is 0 Å². The van der Waals surface area contributed by atoms with E-state index in [2.05, 4.69) is 10.1 Å². The molecule has 3 nitrogen and oxygen atoms in total. The molecule has 1 aromatic carbocycles. The summed E-state index contributed by atoms with van der Waals surface area (Å²) in [5.41, 5.74) is 1.10. The van der Waals surface area contributed by atoms with Crippen molar-refractivity contribution < 1.29 is 9.53 Å². The molecule has 76 valence electrons. The van der Waals surface area contributed by atoms with Gasteiger partial charge in [-0.25, -0.2) is 0 Å². The molecule has 0 saturated carbocycles. The monoisotopic (exact) mass is 193 g/mol. The maximum Gasteiger partial charge on any atom is 0.307 e. The summed E-state index contributed by atoms with van der Waals surface area (Å²) in [7, 11) is 3.24. The van der Waals surface area contributed by atoms with Crippen LogP contribution in [0.3, 0.4) is 0 Å². The summed E-state index contributed by atoms with van der Waals surface area (Å²) in [5, 5.41) is 3.08. The number of ether oxygens (including phenoxy) is 1. The number of hydrogen-bond acceptors (Lipinski definition) is 3. The summed E-state index contributed by atoms with van der Waals surface area (Å²) in [6.45, 7) is 0. The van der Waals surface area contributed by atoms with E-state index in [1.54, 1.807) is 0 Å². The van der Waals surface area contributed by atoms with E-state index < -0.39 is 0 Å². The van der Waals surface area contributed by atoms with Crippen molar-refractivity contribution in [3.63, 3.8) is 0 Å². The van der Waals surface area contributed by atoms with Gasteiger partial charge in [0.2, 0.25) is 0 Å². The van der Waals surface area contributed by atoms with Crippen molar-refractivity contribution in [2.45, 2.75) is 12.5 Å². The Morgan fingerprint density at radius 2 is 2.07 bits per heavy atom. The molecule has 0 aliphatic carbocycles. The molecule has 0 bridgehead atoms. The number of nitrogens with one attached hydrogen (secondary N) is 1. The Kier molecular flexibility index (Phi) is 4.13.